The number of halogens is 1. The lowest BCUT2D eigenvalue weighted by Crippen LogP contribution is -2.42. The summed E-state index contributed by atoms with van der Waals surface area (Å²) in [7, 11) is 2.96. The second-order valence-corrected chi connectivity index (χ2v) is 6.29. The number of fused-ring (bicyclic) bond motifs is 1. The Bertz CT molecular complexity index is 998. The molecule has 138 valence electrons. The SMILES string of the molecule is COc1cc(C(=O)NNC(=O)c2ccc3ccccc3n2)cc(OC)c1Br. The number of hydrogen-bond donors (Lipinski definition) is 2. The minimum atomic E-state index is -0.523. The van der Waals surface area contributed by atoms with Crippen LogP contribution in [0.25, 0.3) is 10.9 Å². The number of rotatable bonds is 4. The third-order valence-corrected chi connectivity index (χ3v) is 4.61. The minimum absolute atomic E-state index is 0.194. The average Bonchev–Trinajstić information content (AvgIpc) is 2.71. The van der Waals surface area contributed by atoms with Crippen molar-refractivity contribution in [3.63, 3.8) is 0 Å². The Morgan fingerprint density at radius 2 is 1.56 bits per heavy atom. The molecule has 0 atom stereocenters. The standard InChI is InChI=1S/C19H16BrN3O4/c1-26-15-9-12(10-16(27-2)17(15)20)18(24)22-23-19(25)14-8-7-11-5-3-4-6-13(11)21-14/h3-10H,1-2H3,(H,22,24)(H,23,25). The highest BCUT2D eigenvalue weighted by Crippen LogP contribution is 2.35. The van der Waals surface area contributed by atoms with Crippen LogP contribution in [-0.4, -0.2) is 31.0 Å². The van der Waals surface area contributed by atoms with Crippen molar-refractivity contribution >= 4 is 38.6 Å². The van der Waals surface area contributed by atoms with Gasteiger partial charge in [-0.2, -0.15) is 0 Å². The number of methoxy groups -OCH3 is 2. The summed E-state index contributed by atoms with van der Waals surface area (Å²) >= 11 is 3.34. The fourth-order valence-electron chi connectivity index (χ4n) is 2.44. The summed E-state index contributed by atoms with van der Waals surface area (Å²) in [5, 5.41) is 0.923. The van der Waals surface area contributed by atoms with Gasteiger partial charge in [0.2, 0.25) is 0 Å². The topological polar surface area (TPSA) is 89.6 Å². The lowest BCUT2D eigenvalue weighted by Gasteiger charge is -2.12. The van der Waals surface area contributed by atoms with E-state index < -0.39 is 11.8 Å². The number of nitrogens with zero attached hydrogens (tertiary/aromatic N) is 1. The van der Waals surface area contributed by atoms with Gasteiger partial charge < -0.3 is 9.47 Å². The first-order valence-corrected chi connectivity index (χ1v) is 8.70. The Labute approximate surface area is 163 Å². The van der Waals surface area contributed by atoms with Crippen molar-refractivity contribution in [1.82, 2.24) is 15.8 Å². The third-order valence-electron chi connectivity index (χ3n) is 3.83. The van der Waals surface area contributed by atoms with Gasteiger partial charge in [-0.25, -0.2) is 4.98 Å². The van der Waals surface area contributed by atoms with Gasteiger partial charge in [0, 0.05) is 10.9 Å². The zero-order valence-corrected chi connectivity index (χ0v) is 16.2. The van der Waals surface area contributed by atoms with E-state index in [0.717, 1.165) is 5.39 Å². The predicted molar refractivity (Wildman–Crippen MR) is 104 cm³/mol. The maximum absolute atomic E-state index is 12.4. The summed E-state index contributed by atoms with van der Waals surface area (Å²) in [4.78, 5) is 28.9. The van der Waals surface area contributed by atoms with Crippen molar-refractivity contribution < 1.29 is 19.1 Å². The van der Waals surface area contributed by atoms with Gasteiger partial charge in [0.15, 0.2) is 0 Å². The van der Waals surface area contributed by atoms with Crippen LogP contribution < -0.4 is 20.3 Å². The summed E-state index contributed by atoms with van der Waals surface area (Å²) in [6.45, 7) is 0. The molecule has 2 N–H and O–H groups in total. The minimum Gasteiger partial charge on any atom is -0.495 e. The Kier molecular flexibility index (Phi) is 5.56. The molecular formula is C19H16BrN3O4. The first kappa shape index (κ1) is 18.7. The summed E-state index contributed by atoms with van der Waals surface area (Å²) in [6.07, 6.45) is 0. The number of carbonyl (C=O) groups is 2. The molecule has 2 aromatic carbocycles. The highest BCUT2D eigenvalue weighted by Gasteiger charge is 2.16. The van der Waals surface area contributed by atoms with E-state index in [1.54, 1.807) is 12.1 Å². The zero-order chi connectivity index (χ0) is 19.4. The number of hydrazine groups is 1. The van der Waals surface area contributed by atoms with Gasteiger partial charge in [-0.15, -0.1) is 0 Å². The number of pyridine rings is 1. The summed E-state index contributed by atoms with van der Waals surface area (Å²) in [5.41, 5.74) is 5.87. The van der Waals surface area contributed by atoms with Gasteiger partial charge in [-0.3, -0.25) is 20.4 Å². The van der Waals surface area contributed by atoms with Crippen molar-refractivity contribution in [2.45, 2.75) is 0 Å². The van der Waals surface area contributed by atoms with E-state index in [4.69, 9.17) is 9.47 Å². The molecule has 1 heterocycles. The highest BCUT2D eigenvalue weighted by molar-refractivity contribution is 9.10. The lowest BCUT2D eigenvalue weighted by atomic mass is 10.2. The number of amides is 2. The first-order valence-electron chi connectivity index (χ1n) is 7.91. The van der Waals surface area contributed by atoms with E-state index >= 15 is 0 Å². The van der Waals surface area contributed by atoms with Crippen LogP contribution in [0.15, 0.2) is 53.0 Å². The van der Waals surface area contributed by atoms with Crippen molar-refractivity contribution in [2.24, 2.45) is 0 Å². The molecule has 7 nitrogen and oxygen atoms in total. The monoisotopic (exact) mass is 429 g/mol. The molecule has 27 heavy (non-hydrogen) atoms. The highest BCUT2D eigenvalue weighted by atomic mass is 79.9. The molecule has 3 rings (SSSR count). The van der Waals surface area contributed by atoms with Crippen molar-refractivity contribution in [2.75, 3.05) is 14.2 Å². The molecule has 2 amide bonds. The molecular weight excluding hydrogens is 414 g/mol. The fourth-order valence-corrected chi connectivity index (χ4v) is 3.00. The summed E-state index contributed by atoms with van der Waals surface area (Å²) in [5.74, 6) is -0.178. The molecule has 0 aliphatic rings. The van der Waals surface area contributed by atoms with Gasteiger partial charge in [0.05, 0.1) is 19.7 Å². The molecule has 8 heteroatoms. The molecule has 1 aromatic heterocycles. The van der Waals surface area contributed by atoms with Crippen molar-refractivity contribution in [3.05, 3.63) is 64.3 Å². The first-order chi connectivity index (χ1) is 13.0. The largest absolute Gasteiger partial charge is 0.495 e. The Balaban J connectivity index is 1.73. The second-order valence-electron chi connectivity index (χ2n) is 5.49. The zero-order valence-electron chi connectivity index (χ0n) is 14.6. The Morgan fingerprint density at radius 1 is 0.926 bits per heavy atom. The van der Waals surface area contributed by atoms with Crippen LogP contribution in [0.5, 0.6) is 11.5 Å². The van der Waals surface area contributed by atoms with Gasteiger partial charge in [0.25, 0.3) is 11.8 Å². The van der Waals surface area contributed by atoms with Crippen LogP contribution in [0.1, 0.15) is 20.8 Å². The van der Waals surface area contributed by atoms with Crippen LogP contribution in [-0.2, 0) is 0 Å². The number of benzene rings is 2. The smallest absolute Gasteiger partial charge is 0.288 e. The molecule has 0 aliphatic carbocycles. The van der Waals surface area contributed by atoms with Gasteiger partial charge >= 0.3 is 0 Å². The van der Waals surface area contributed by atoms with Crippen molar-refractivity contribution in [3.8, 4) is 11.5 Å². The van der Waals surface area contributed by atoms with E-state index in [1.165, 1.54) is 26.4 Å². The van der Waals surface area contributed by atoms with Crippen LogP contribution in [0.4, 0.5) is 0 Å². The number of aromatic nitrogens is 1. The molecule has 0 aliphatic heterocycles. The average molecular weight is 430 g/mol. The number of ether oxygens (including phenoxy) is 2. The molecule has 0 radical (unpaired) electrons. The Hall–Kier alpha value is -3.13. The summed E-state index contributed by atoms with van der Waals surface area (Å²) < 4.78 is 11.0. The van der Waals surface area contributed by atoms with Gasteiger partial charge in [-0.1, -0.05) is 24.3 Å². The molecule has 0 spiro atoms. The maximum atomic E-state index is 12.4. The van der Waals surface area contributed by atoms with Crippen LogP contribution in [0.3, 0.4) is 0 Å². The predicted octanol–water partition coefficient (Wildman–Crippen LogP) is 3.09. The second kappa shape index (κ2) is 8.05. The number of hydrogen-bond acceptors (Lipinski definition) is 5. The molecule has 0 saturated carbocycles. The molecule has 3 aromatic rings. The lowest BCUT2D eigenvalue weighted by molar-refractivity contribution is 0.0844. The number of nitrogens with one attached hydrogen (secondary N) is 2. The van der Waals surface area contributed by atoms with Gasteiger partial charge in [0.1, 0.15) is 21.7 Å². The van der Waals surface area contributed by atoms with Crippen LogP contribution in [0.2, 0.25) is 0 Å². The molecule has 0 unspecified atom stereocenters. The quantitative estimate of drug-likeness (QED) is 0.621. The maximum Gasteiger partial charge on any atom is 0.288 e. The number of carbonyl (C=O) groups excluding carboxylic acids is 2. The molecule has 0 bridgehead atoms. The normalized spacial score (nSPS) is 10.3. The van der Waals surface area contributed by atoms with E-state index in [0.29, 0.717) is 21.5 Å². The van der Waals surface area contributed by atoms with E-state index in [9.17, 15) is 9.59 Å². The summed E-state index contributed by atoms with van der Waals surface area (Å²) in [6, 6.07) is 13.9. The molecule has 0 fully saturated rings. The van der Waals surface area contributed by atoms with Gasteiger partial charge in [-0.05, 0) is 40.2 Å². The third kappa shape index (κ3) is 4.01. The van der Waals surface area contributed by atoms with Crippen LogP contribution >= 0.6 is 15.9 Å². The van der Waals surface area contributed by atoms with Crippen molar-refractivity contribution in [1.29, 1.82) is 0 Å². The Morgan fingerprint density at radius 3 is 2.22 bits per heavy atom. The van der Waals surface area contributed by atoms with E-state index in [1.807, 2.05) is 24.3 Å². The molecule has 0 saturated heterocycles. The number of para-hydroxylation sites is 1. The fraction of sp³-hybridized carbons (Fsp3) is 0.105. The van der Waals surface area contributed by atoms with Crippen LogP contribution in [0, 0.1) is 0 Å². The van der Waals surface area contributed by atoms with E-state index in [2.05, 4.69) is 31.8 Å². The van der Waals surface area contributed by atoms with E-state index in [-0.39, 0.29) is 11.3 Å².